The van der Waals surface area contributed by atoms with Crippen molar-refractivity contribution in [3.63, 3.8) is 0 Å². The molecular weight excluding hydrogens is 374 g/mol. The van der Waals surface area contributed by atoms with Crippen molar-refractivity contribution in [2.45, 2.75) is 30.6 Å². The molecule has 0 bridgehead atoms. The molecule has 0 amide bonds. The van der Waals surface area contributed by atoms with E-state index in [0.29, 0.717) is 39.5 Å². The lowest BCUT2D eigenvalue weighted by Gasteiger charge is -2.11. The van der Waals surface area contributed by atoms with E-state index in [1.54, 1.807) is 49.4 Å². The van der Waals surface area contributed by atoms with Crippen LogP contribution in [0.3, 0.4) is 0 Å². The van der Waals surface area contributed by atoms with Gasteiger partial charge in [0.2, 0.25) is 11.7 Å². The van der Waals surface area contributed by atoms with Crippen molar-refractivity contribution in [3.8, 4) is 11.4 Å². The molecule has 3 aromatic rings. The van der Waals surface area contributed by atoms with Crippen LogP contribution in [0.4, 0.5) is 5.69 Å². The fourth-order valence-corrected chi connectivity index (χ4v) is 4.06. The van der Waals surface area contributed by atoms with E-state index < -0.39 is 10.0 Å². The van der Waals surface area contributed by atoms with Crippen LogP contribution in [0.15, 0.2) is 51.9 Å². The number of rotatable bonds is 5. The first kappa shape index (κ1) is 17.1. The van der Waals surface area contributed by atoms with Crippen molar-refractivity contribution >= 4 is 27.3 Å². The average molecular weight is 390 g/mol. The lowest BCUT2D eigenvalue weighted by molar-refractivity contribution is 0.380. The van der Waals surface area contributed by atoms with E-state index in [9.17, 15) is 8.42 Å². The van der Waals surface area contributed by atoms with Crippen molar-refractivity contribution in [2.75, 3.05) is 4.72 Å². The summed E-state index contributed by atoms with van der Waals surface area (Å²) >= 11 is 5.84. The van der Waals surface area contributed by atoms with Gasteiger partial charge in [0.1, 0.15) is 0 Å². The maximum absolute atomic E-state index is 12.8. The van der Waals surface area contributed by atoms with Gasteiger partial charge in [-0.25, -0.2) is 8.42 Å². The molecule has 0 spiro atoms. The Morgan fingerprint density at radius 1 is 1.15 bits per heavy atom. The summed E-state index contributed by atoms with van der Waals surface area (Å²) in [4.78, 5) is 4.55. The summed E-state index contributed by atoms with van der Waals surface area (Å²) in [6.07, 6.45) is 2.11. The molecule has 26 heavy (non-hydrogen) atoms. The number of sulfonamides is 1. The number of benzene rings is 2. The highest BCUT2D eigenvalue weighted by molar-refractivity contribution is 7.92. The Morgan fingerprint density at radius 2 is 1.88 bits per heavy atom. The van der Waals surface area contributed by atoms with Gasteiger partial charge in [0.05, 0.1) is 4.90 Å². The molecule has 4 rings (SSSR count). The van der Waals surface area contributed by atoms with Crippen LogP contribution in [0.1, 0.15) is 30.2 Å². The number of hydrogen-bond donors (Lipinski definition) is 1. The van der Waals surface area contributed by atoms with Gasteiger partial charge in [0.15, 0.2) is 0 Å². The molecule has 8 heteroatoms. The minimum Gasteiger partial charge on any atom is -0.339 e. The highest BCUT2D eigenvalue weighted by Crippen LogP contribution is 2.39. The molecule has 0 aliphatic heterocycles. The van der Waals surface area contributed by atoms with Crippen molar-refractivity contribution in [2.24, 2.45) is 0 Å². The minimum atomic E-state index is -3.76. The SMILES string of the molecule is Cc1ccc(-c2noc(C3CC3)n2)cc1S(=O)(=O)Nc1ccc(Cl)cc1. The van der Waals surface area contributed by atoms with Crippen LogP contribution >= 0.6 is 11.6 Å². The Bertz CT molecular complexity index is 1060. The summed E-state index contributed by atoms with van der Waals surface area (Å²) < 4.78 is 33.4. The minimum absolute atomic E-state index is 0.169. The maximum atomic E-state index is 12.8. The molecule has 1 aliphatic carbocycles. The first-order valence-corrected chi connectivity index (χ1v) is 10.0. The molecule has 6 nitrogen and oxygen atoms in total. The standard InChI is InChI=1S/C18H16ClN3O3S/c1-11-2-3-13(17-20-18(25-21-17)12-4-5-12)10-16(11)26(23,24)22-15-8-6-14(19)7-9-15/h2-3,6-10,12,22H,4-5H2,1H3. The summed E-state index contributed by atoms with van der Waals surface area (Å²) in [5, 5.41) is 4.51. The molecule has 1 heterocycles. The number of anilines is 1. The van der Waals surface area contributed by atoms with Crippen LogP contribution in [-0.4, -0.2) is 18.6 Å². The number of aromatic nitrogens is 2. The van der Waals surface area contributed by atoms with Gasteiger partial charge in [-0.1, -0.05) is 28.9 Å². The molecule has 1 saturated carbocycles. The normalized spacial score (nSPS) is 14.4. The Kier molecular flexibility index (Phi) is 4.20. The van der Waals surface area contributed by atoms with Gasteiger partial charge in [-0.05, 0) is 55.7 Å². The first-order valence-electron chi connectivity index (χ1n) is 8.15. The van der Waals surface area contributed by atoms with Gasteiger partial charge in [-0.3, -0.25) is 4.72 Å². The van der Waals surface area contributed by atoms with E-state index in [-0.39, 0.29) is 4.90 Å². The third-order valence-electron chi connectivity index (χ3n) is 4.20. The van der Waals surface area contributed by atoms with E-state index in [4.69, 9.17) is 16.1 Å². The number of hydrogen-bond acceptors (Lipinski definition) is 5. The van der Waals surface area contributed by atoms with E-state index in [0.717, 1.165) is 12.8 Å². The zero-order valence-corrected chi connectivity index (χ0v) is 15.5. The van der Waals surface area contributed by atoms with Crippen molar-refractivity contribution < 1.29 is 12.9 Å². The zero-order chi connectivity index (χ0) is 18.3. The second-order valence-electron chi connectivity index (χ2n) is 6.32. The second-order valence-corrected chi connectivity index (χ2v) is 8.41. The van der Waals surface area contributed by atoms with E-state index in [1.807, 2.05) is 0 Å². The molecular formula is C18H16ClN3O3S. The molecule has 134 valence electrons. The Labute approximate surface area is 156 Å². The third kappa shape index (κ3) is 3.45. The van der Waals surface area contributed by atoms with Crippen LogP contribution in [0.5, 0.6) is 0 Å². The maximum Gasteiger partial charge on any atom is 0.262 e. The lowest BCUT2D eigenvalue weighted by Crippen LogP contribution is -2.14. The fraction of sp³-hybridized carbons (Fsp3) is 0.222. The number of nitrogens with zero attached hydrogens (tertiary/aromatic N) is 2. The van der Waals surface area contributed by atoms with Crippen LogP contribution < -0.4 is 4.72 Å². The predicted octanol–water partition coefficient (Wildman–Crippen LogP) is 4.38. The van der Waals surface area contributed by atoms with Crippen LogP contribution in [0.2, 0.25) is 5.02 Å². The smallest absolute Gasteiger partial charge is 0.262 e. The molecule has 0 saturated heterocycles. The van der Waals surface area contributed by atoms with E-state index in [1.165, 1.54) is 0 Å². The van der Waals surface area contributed by atoms with Gasteiger partial charge in [-0.15, -0.1) is 0 Å². The van der Waals surface area contributed by atoms with Gasteiger partial charge in [0, 0.05) is 22.2 Å². The van der Waals surface area contributed by atoms with Crippen LogP contribution in [0.25, 0.3) is 11.4 Å². The summed E-state index contributed by atoms with van der Waals surface area (Å²) in [6, 6.07) is 11.6. The lowest BCUT2D eigenvalue weighted by atomic mass is 10.1. The van der Waals surface area contributed by atoms with Gasteiger partial charge >= 0.3 is 0 Å². The average Bonchev–Trinajstić information content (AvgIpc) is 3.34. The monoisotopic (exact) mass is 389 g/mol. The molecule has 1 N–H and O–H groups in total. The number of nitrogens with one attached hydrogen (secondary N) is 1. The summed E-state index contributed by atoms with van der Waals surface area (Å²) in [5.41, 5.74) is 1.67. The van der Waals surface area contributed by atoms with Crippen LogP contribution in [0, 0.1) is 6.92 Å². The third-order valence-corrected chi connectivity index (χ3v) is 5.98. The predicted molar refractivity (Wildman–Crippen MR) is 98.7 cm³/mol. The molecule has 1 fully saturated rings. The largest absolute Gasteiger partial charge is 0.339 e. The fourth-order valence-electron chi connectivity index (χ4n) is 2.61. The summed E-state index contributed by atoms with van der Waals surface area (Å²) in [6.45, 7) is 1.74. The molecule has 2 aromatic carbocycles. The molecule has 0 unspecified atom stereocenters. The molecule has 0 atom stereocenters. The van der Waals surface area contributed by atoms with Crippen molar-refractivity contribution in [1.82, 2.24) is 10.1 Å². The topological polar surface area (TPSA) is 85.1 Å². The van der Waals surface area contributed by atoms with Gasteiger partial charge in [0.25, 0.3) is 10.0 Å². The van der Waals surface area contributed by atoms with E-state index in [2.05, 4.69) is 14.9 Å². The number of halogens is 1. The highest BCUT2D eigenvalue weighted by Gasteiger charge is 2.30. The van der Waals surface area contributed by atoms with Crippen molar-refractivity contribution in [1.29, 1.82) is 0 Å². The summed E-state index contributed by atoms with van der Waals surface area (Å²) in [5.74, 6) is 1.36. The Balaban J connectivity index is 1.67. The number of aryl methyl sites for hydroxylation is 1. The summed E-state index contributed by atoms with van der Waals surface area (Å²) in [7, 11) is -3.76. The van der Waals surface area contributed by atoms with Crippen LogP contribution in [-0.2, 0) is 10.0 Å². The quantitative estimate of drug-likeness (QED) is 0.700. The van der Waals surface area contributed by atoms with Gasteiger partial charge in [-0.2, -0.15) is 4.98 Å². The van der Waals surface area contributed by atoms with Gasteiger partial charge < -0.3 is 4.52 Å². The second kappa shape index (κ2) is 6.41. The Hall–Kier alpha value is -2.38. The molecule has 1 aliphatic rings. The van der Waals surface area contributed by atoms with E-state index >= 15 is 0 Å². The zero-order valence-electron chi connectivity index (χ0n) is 13.9. The Morgan fingerprint density at radius 3 is 2.58 bits per heavy atom. The molecule has 0 radical (unpaired) electrons. The van der Waals surface area contributed by atoms with Crippen molar-refractivity contribution in [3.05, 3.63) is 58.9 Å². The highest BCUT2D eigenvalue weighted by atomic mass is 35.5. The molecule has 1 aromatic heterocycles. The first-order chi connectivity index (χ1) is 12.4.